The van der Waals surface area contributed by atoms with Crippen LogP contribution in [-0.4, -0.2) is 62.4 Å². The number of carbonyl (C=O) groups excluding carboxylic acids is 2. The first kappa shape index (κ1) is 16.8. The van der Waals surface area contributed by atoms with Crippen molar-refractivity contribution in [3.05, 3.63) is 33.9 Å². The van der Waals surface area contributed by atoms with Gasteiger partial charge < -0.3 is 14.8 Å². The summed E-state index contributed by atoms with van der Waals surface area (Å²) in [4.78, 5) is 43.3. The Morgan fingerprint density at radius 2 is 1.81 bits per heavy atom. The van der Waals surface area contributed by atoms with E-state index in [9.17, 15) is 14.4 Å². The van der Waals surface area contributed by atoms with Crippen molar-refractivity contribution in [2.24, 2.45) is 11.8 Å². The molecule has 4 heterocycles. The number of nitrogens with one attached hydrogen (secondary N) is 1. The first-order valence-corrected chi connectivity index (χ1v) is 9.06. The van der Waals surface area contributed by atoms with Crippen LogP contribution in [-0.2, 0) is 4.79 Å². The normalized spacial score (nSPS) is 23.2. The van der Waals surface area contributed by atoms with E-state index in [1.165, 1.54) is 6.20 Å². The SMILES string of the molecule is CC(=O)N1C[C@H]2CCN(C(=O)c3cn4nc(C)cc4[nH]c3=O)CC[C@H]2C1. The Labute approximate surface area is 150 Å². The van der Waals surface area contributed by atoms with Crippen molar-refractivity contribution in [3.63, 3.8) is 0 Å². The highest BCUT2D eigenvalue weighted by molar-refractivity contribution is 5.93. The van der Waals surface area contributed by atoms with Crippen molar-refractivity contribution in [2.75, 3.05) is 26.2 Å². The molecule has 2 saturated heterocycles. The summed E-state index contributed by atoms with van der Waals surface area (Å²) in [5.74, 6) is 0.752. The summed E-state index contributed by atoms with van der Waals surface area (Å²) in [5, 5.41) is 4.27. The second-order valence-corrected chi connectivity index (χ2v) is 7.43. The lowest BCUT2D eigenvalue weighted by molar-refractivity contribution is -0.128. The number of likely N-dealkylation sites (tertiary alicyclic amines) is 2. The molecule has 2 aliphatic heterocycles. The summed E-state index contributed by atoms with van der Waals surface area (Å²) < 4.78 is 1.54. The number of aryl methyl sites for hydroxylation is 1. The van der Waals surface area contributed by atoms with Crippen molar-refractivity contribution < 1.29 is 9.59 Å². The lowest BCUT2D eigenvalue weighted by Crippen LogP contribution is -2.36. The van der Waals surface area contributed by atoms with E-state index in [2.05, 4.69) is 10.1 Å². The number of rotatable bonds is 1. The fraction of sp³-hybridized carbons (Fsp3) is 0.556. The van der Waals surface area contributed by atoms with Gasteiger partial charge in [0.1, 0.15) is 11.2 Å². The number of amides is 2. The highest BCUT2D eigenvalue weighted by Gasteiger charge is 2.37. The summed E-state index contributed by atoms with van der Waals surface area (Å²) in [6.45, 7) is 6.23. The Hall–Kier alpha value is -2.64. The van der Waals surface area contributed by atoms with E-state index in [0.717, 1.165) is 31.6 Å². The summed E-state index contributed by atoms with van der Waals surface area (Å²) in [7, 11) is 0. The van der Waals surface area contributed by atoms with E-state index < -0.39 is 0 Å². The van der Waals surface area contributed by atoms with E-state index in [4.69, 9.17) is 0 Å². The van der Waals surface area contributed by atoms with Crippen LogP contribution < -0.4 is 5.56 Å². The molecule has 0 unspecified atom stereocenters. The van der Waals surface area contributed by atoms with E-state index in [-0.39, 0.29) is 22.9 Å². The molecule has 2 aliphatic rings. The Kier molecular flexibility index (Phi) is 4.05. The van der Waals surface area contributed by atoms with Crippen LogP contribution in [0.4, 0.5) is 0 Å². The molecule has 8 heteroatoms. The molecule has 138 valence electrons. The van der Waals surface area contributed by atoms with E-state index in [0.29, 0.717) is 30.6 Å². The van der Waals surface area contributed by atoms with Crippen molar-refractivity contribution in [2.45, 2.75) is 26.7 Å². The van der Waals surface area contributed by atoms with Crippen LogP contribution in [0.15, 0.2) is 17.1 Å². The Morgan fingerprint density at radius 3 is 2.42 bits per heavy atom. The van der Waals surface area contributed by atoms with Crippen LogP contribution in [0, 0.1) is 18.8 Å². The van der Waals surface area contributed by atoms with Gasteiger partial charge in [0.15, 0.2) is 0 Å². The zero-order chi connectivity index (χ0) is 18.4. The summed E-state index contributed by atoms with van der Waals surface area (Å²) in [5.41, 5.74) is 1.11. The lowest BCUT2D eigenvalue weighted by Gasteiger charge is -2.21. The van der Waals surface area contributed by atoms with Gasteiger partial charge in [-0.3, -0.25) is 14.4 Å². The standard InChI is InChI=1S/C18H23N5O3/c1-11-7-16-19-17(25)15(10-23(16)20-11)18(26)21-5-3-13-8-22(12(2)24)9-14(13)4-6-21/h7,10,13-14H,3-6,8-9H2,1-2H3,(H,19,25)/t13-,14+. The topological polar surface area (TPSA) is 90.8 Å². The minimum atomic E-state index is -0.380. The molecule has 0 radical (unpaired) electrons. The maximum atomic E-state index is 12.9. The molecule has 0 aliphatic carbocycles. The summed E-state index contributed by atoms with van der Waals surface area (Å²) in [6.07, 6.45) is 3.25. The van der Waals surface area contributed by atoms with Gasteiger partial charge in [-0.1, -0.05) is 0 Å². The molecule has 26 heavy (non-hydrogen) atoms. The van der Waals surface area contributed by atoms with Gasteiger partial charge >= 0.3 is 0 Å². The molecule has 0 spiro atoms. The van der Waals surface area contributed by atoms with Crippen molar-refractivity contribution in [1.29, 1.82) is 0 Å². The molecular weight excluding hydrogens is 334 g/mol. The lowest BCUT2D eigenvalue weighted by atomic mass is 9.92. The van der Waals surface area contributed by atoms with E-state index in [1.54, 1.807) is 22.4 Å². The number of fused-ring (bicyclic) bond motifs is 2. The average molecular weight is 357 g/mol. The molecule has 1 N–H and O–H groups in total. The predicted molar refractivity (Wildman–Crippen MR) is 94.9 cm³/mol. The molecule has 2 aromatic rings. The van der Waals surface area contributed by atoms with Gasteiger partial charge in [0.05, 0.1) is 5.69 Å². The van der Waals surface area contributed by atoms with Gasteiger partial charge in [0.2, 0.25) is 5.91 Å². The molecule has 2 fully saturated rings. The second kappa shape index (κ2) is 6.26. The fourth-order valence-electron chi connectivity index (χ4n) is 4.20. The van der Waals surface area contributed by atoms with E-state index in [1.807, 2.05) is 11.8 Å². The number of hydrogen-bond donors (Lipinski definition) is 1. The van der Waals surface area contributed by atoms with Crippen LogP contribution >= 0.6 is 0 Å². The van der Waals surface area contributed by atoms with Crippen molar-refractivity contribution in [3.8, 4) is 0 Å². The quantitative estimate of drug-likeness (QED) is 0.812. The van der Waals surface area contributed by atoms with Gasteiger partial charge in [0.25, 0.3) is 11.5 Å². The molecular formula is C18H23N5O3. The third kappa shape index (κ3) is 2.89. The molecule has 2 aromatic heterocycles. The highest BCUT2D eigenvalue weighted by atomic mass is 16.2. The predicted octanol–water partition coefficient (Wildman–Crippen LogP) is 0.662. The minimum Gasteiger partial charge on any atom is -0.342 e. The number of aromatic amines is 1. The smallest absolute Gasteiger partial charge is 0.264 e. The Bertz CT molecular complexity index is 915. The van der Waals surface area contributed by atoms with Crippen LogP contribution in [0.1, 0.15) is 35.8 Å². The molecule has 8 nitrogen and oxygen atoms in total. The van der Waals surface area contributed by atoms with Gasteiger partial charge in [-0.15, -0.1) is 0 Å². The Morgan fingerprint density at radius 1 is 1.15 bits per heavy atom. The monoisotopic (exact) mass is 357 g/mol. The zero-order valence-electron chi connectivity index (χ0n) is 15.1. The van der Waals surface area contributed by atoms with Crippen LogP contribution in [0.3, 0.4) is 0 Å². The molecule has 2 atom stereocenters. The Balaban J connectivity index is 1.52. The highest BCUT2D eigenvalue weighted by Crippen LogP contribution is 2.32. The number of H-pyrrole nitrogens is 1. The van der Waals surface area contributed by atoms with Crippen LogP contribution in [0.5, 0.6) is 0 Å². The first-order valence-electron chi connectivity index (χ1n) is 9.06. The zero-order valence-corrected chi connectivity index (χ0v) is 15.1. The average Bonchev–Trinajstić information content (AvgIpc) is 3.10. The second-order valence-electron chi connectivity index (χ2n) is 7.43. The van der Waals surface area contributed by atoms with Crippen molar-refractivity contribution in [1.82, 2.24) is 24.4 Å². The maximum Gasteiger partial charge on any atom is 0.264 e. The van der Waals surface area contributed by atoms with Crippen molar-refractivity contribution >= 4 is 17.5 Å². The van der Waals surface area contributed by atoms with Gasteiger partial charge in [0, 0.05) is 45.4 Å². The fourth-order valence-corrected chi connectivity index (χ4v) is 4.20. The summed E-state index contributed by atoms with van der Waals surface area (Å²) >= 11 is 0. The third-order valence-corrected chi connectivity index (χ3v) is 5.67. The van der Waals surface area contributed by atoms with Gasteiger partial charge in [-0.05, 0) is 31.6 Å². The number of nitrogens with zero attached hydrogens (tertiary/aromatic N) is 4. The number of aromatic nitrogens is 3. The molecule has 2 amide bonds. The number of carbonyl (C=O) groups is 2. The first-order chi connectivity index (χ1) is 12.4. The maximum absolute atomic E-state index is 12.9. The van der Waals surface area contributed by atoms with Crippen LogP contribution in [0.2, 0.25) is 0 Å². The third-order valence-electron chi connectivity index (χ3n) is 5.67. The molecule has 0 saturated carbocycles. The minimum absolute atomic E-state index is 0.123. The van der Waals surface area contributed by atoms with Crippen LogP contribution in [0.25, 0.3) is 5.65 Å². The molecule has 0 aromatic carbocycles. The van der Waals surface area contributed by atoms with Gasteiger partial charge in [-0.25, -0.2) is 4.52 Å². The molecule has 4 rings (SSSR count). The van der Waals surface area contributed by atoms with E-state index >= 15 is 0 Å². The number of hydrogen-bond acceptors (Lipinski definition) is 4. The summed E-state index contributed by atoms with van der Waals surface area (Å²) in [6, 6.07) is 1.77. The molecule has 0 bridgehead atoms. The largest absolute Gasteiger partial charge is 0.342 e. The van der Waals surface area contributed by atoms with Gasteiger partial charge in [-0.2, -0.15) is 5.10 Å².